The lowest BCUT2D eigenvalue weighted by atomic mass is 10.0. The molecule has 0 aromatic carbocycles. The number of unbranched alkanes of at least 4 members (excludes halogenated alkanes) is 30. The van der Waals surface area contributed by atoms with Crippen molar-refractivity contribution in [3.8, 4) is 0 Å². The number of carbonyl (C=O) groups is 3. The first-order valence-electron chi connectivity index (χ1n) is 32.9. The van der Waals surface area contributed by atoms with Gasteiger partial charge in [-0.05, 0) is 103 Å². The minimum absolute atomic E-state index is 0.0909. The number of ether oxygens (including phenoxy) is 3. The van der Waals surface area contributed by atoms with Gasteiger partial charge < -0.3 is 14.2 Å². The van der Waals surface area contributed by atoms with Crippen molar-refractivity contribution in [1.29, 1.82) is 0 Å². The molecule has 0 fully saturated rings. The van der Waals surface area contributed by atoms with Gasteiger partial charge in [0.05, 0.1) is 0 Å². The Bertz CT molecular complexity index is 1570. The van der Waals surface area contributed by atoms with E-state index in [2.05, 4.69) is 130 Å². The van der Waals surface area contributed by atoms with Gasteiger partial charge in [-0.1, -0.05) is 297 Å². The lowest BCUT2D eigenvalue weighted by Gasteiger charge is -2.18. The van der Waals surface area contributed by atoms with Crippen LogP contribution in [0.4, 0.5) is 0 Å². The highest BCUT2D eigenvalue weighted by atomic mass is 16.6. The molecule has 1 unspecified atom stereocenters. The zero-order chi connectivity index (χ0) is 56.4. The Labute approximate surface area is 482 Å². The standard InChI is InChI=1S/C72H122O6/c1-4-7-10-13-16-19-22-25-27-28-29-30-31-32-33-34-35-36-37-38-39-40-41-42-43-44-46-47-50-53-56-59-62-65-71(74)77-68-69(67-76-70(73)64-61-58-55-52-49-24-21-18-15-12-9-6-3)78-72(75)66-63-60-57-54-51-48-45-26-23-20-17-14-11-8-5-2/h7-8,10-11,16-17,19-20,25-27,29-30,32-33,45,51,54,69H,4-6,9,12-15,18,21-24,28,31,34-44,46-50,52-53,55-68H2,1-3H3/b10-7-,11-8-,19-16-,20-17-,27-25-,30-29-,33-32-,45-26-,54-51-. The molecule has 1 atom stereocenters. The van der Waals surface area contributed by atoms with Gasteiger partial charge in [0.25, 0.3) is 0 Å². The molecule has 78 heavy (non-hydrogen) atoms. The maximum absolute atomic E-state index is 12.9. The van der Waals surface area contributed by atoms with Gasteiger partial charge in [-0.2, -0.15) is 0 Å². The summed E-state index contributed by atoms with van der Waals surface area (Å²) in [6, 6.07) is 0. The fourth-order valence-corrected chi connectivity index (χ4v) is 9.17. The molecule has 0 rings (SSSR count). The Morgan fingerprint density at radius 3 is 0.808 bits per heavy atom. The predicted molar refractivity (Wildman–Crippen MR) is 339 cm³/mol. The topological polar surface area (TPSA) is 78.9 Å². The minimum atomic E-state index is -0.798. The van der Waals surface area contributed by atoms with Crippen LogP contribution in [0.15, 0.2) is 109 Å². The van der Waals surface area contributed by atoms with Crippen LogP contribution in [0, 0.1) is 0 Å². The van der Waals surface area contributed by atoms with E-state index in [0.717, 1.165) is 109 Å². The third-order valence-corrected chi connectivity index (χ3v) is 14.0. The number of allylic oxidation sites excluding steroid dienone is 18. The molecule has 0 heterocycles. The summed E-state index contributed by atoms with van der Waals surface area (Å²) < 4.78 is 16.9. The van der Waals surface area contributed by atoms with Crippen molar-refractivity contribution in [3.05, 3.63) is 109 Å². The number of esters is 3. The number of hydrogen-bond acceptors (Lipinski definition) is 6. The van der Waals surface area contributed by atoms with Gasteiger partial charge in [-0.3, -0.25) is 14.4 Å². The first-order valence-corrected chi connectivity index (χ1v) is 32.9. The molecule has 0 aliphatic heterocycles. The second kappa shape index (κ2) is 65.6. The lowest BCUT2D eigenvalue weighted by Crippen LogP contribution is -2.30. The SMILES string of the molecule is CC/C=C\C/C=C\C/C=C\C/C=C\C/C=C\CCCCCCCCCCCCCCCCCCCC(=O)OCC(COC(=O)CCCCCCCCCCCCCC)OC(=O)CCCC/C=C\C/C=C\C/C=C\C/C=C\CC. The molecule has 0 N–H and O–H groups in total. The summed E-state index contributed by atoms with van der Waals surface area (Å²) in [6.07, 6.45) is 89.8. The minimum Gasteiger partial charge on any atom is -0.462 e. The van der Waals surface area contributed by atoms with Gasteiger partial charge in [0.15, 0.2) is 6.10 Å². The molecule has 0 aromatic heterocycles. The quantitative estimate of drug-likeness (QED) is 0.0261. The highest BCUT2D eigenvalue weighted by Crippen LogP contribution is 2.17. The molecule has 6 heteroatoms. The van der Waals surface area contributed by atoms with E-state index in [4.69, 9.17) is 14.2 Å². The van der Waals surface area contributed by atoms with Crippen LogP contribution in [-0.2, 0) is 28.6 Å². The molecule has 0 aliphatic carbocycles. The van der Waals surface area contributed by atoms with Crippen molar-refractivity contribution in [1.82, 2.24) is 0 Å². The molecule has 0 spiro atoms. The van der Waals surface area contributed by atoms with E-state index in [-0.39, 0.29) is 37.5 Å². The molecule has 0 amide bonds. The van der Waals surface area contributed by atoms with E-state index in [1.54, 1.807) is 0 Å². The number of carbonyl (C=O) groups excluding carboxylic acids is 3. The van der Waals surface area contributed by atoms with E-state index < -0.39 is 6.10 Å². The van der Waals surface area contributed by atoms with Gasteiger partial charge in [0, 0.05) is 19.3 Å². The van der Waals surface area contributed by atoms with Crippen LogP contribution in [0.3, 0.4) is 0 Å². The largest absolute Gasteiger partial charge is 0.462 e. The summed E-state index contributed by atoms with van der Waals surface area (Å²) in [4.78, 5) is 38.2. The predicted octanol–water partition coefficient (Wildman–Crippen LogP) is 22.6. The Balaban J connectivity index is 4.16. The Hall–Kier alpha value is -3.93. The average Bonchev–Trinajstić information content (AvgIpc) is 3.44. The maximum atomic E-state index is 12.9. The fourth-order valence-electron chi connectivity index (χ4n) is 9.17. The first kappa shape index (κ1) is 74.1. The molecule has 0 bridgehead atoms. The van der Waals surface area contributed by atoms with Crippen LogP contribution in [0.1, 0.15) is 310 Å². The second-order valence-electron chi connectivity index (χ2n) is 21.6. The molecule has 446 valence electrons. The van der Waals surface area contributed by atoms with Gasteiger partial charge in [-0.15, -0.1) is 0 Å². The Morgan fingerprint density at radius 2 is 0.500 bits per heavy atom. The van der Waals surface area contributed by atoms with Crippen molar-refractivity contribution in [2.75, 3.05) is 13.2 Å². The van der Waals surface area contributed by atoms with E-state index in [0.29, 0.717) is 19.3 Å². The third kappa shape index (κ3) is 62.9. The molecule has 0 aliphatic rings. The van der Waals surface area contributed by atoms with Crippen LogP contribution in [0.2, 0.25) is 0 Å². The summed E-state index contributed by atoms with van der Waals surface area (Å²) in [5, 5.41) is 0. The summed E-state index contributed by atoms with van der Waals surface area (Å²) in [5.74, 6) is -0.923. The average molecular weight is 1080 g/mol. The highest BCUT2D eigenvalue weighted by Gasteiger charge is 2.19. The van der Waals surface area contributed by atoms with Gasteiger partial charge >= 0.3 is 17.9 Å². The third-order valence-electron chi connectivity index (χ3n) is 14.0. The maximum Gasteiger partial charge on any atom is 0.306 e. The highest BCUT2D eigenvalue weighted by molar-refractivity contribution is 5.71. The molecular weight excluding hydrogens is 961 g/mol. The van der Waals surface area contributed by atoms with E-state index in [9.17, 15) is 14.4 Å². The fraction of sp³-hybridized carbons (Fsp3) is 0.708. The van der Waals surface area contributed by atoms with Crippen LogP contribution in [0.25, 0.3) is 0 Å². The summed E-state index contributed by atoms with van der Waals surface area (Å²) in [5.41, 5.74) is 0. The molecule has 0 saturated carbocycles. The number of rotatable bonds is 59. The van der Waals surface area contributed by atoms with Crippen molar-refractivity contribution < 1.29 is 28.6 Å². The van der Waals surface area contributed by atoms with Gasteiger partial charge in [0.1, 0.15) is 13.2 Å². The van der Waals surface area contributed by atoms with E-state index in [1.165, 1.54) is 154 Å². The normalized spacial score (nSPS) is 12.8. The lowest BCUT2D eigenvalue weighted by molar-refractivity contribution is -0.167. The Kier molecular flexibility index (Phi) is 62.3. The molecular formula is C72H122O6. The molecule has 0 aromatic rings. The monoisotopic (exact) mass is 1080 g/mol. The van der Waals surface area contributed by atoms with Crippen LogP contribution in [0.5, 0.6) is 0 Å². The van der Waals surface area contributed by atoms with Crippen molar-refractivity contribution in [3.63, 3.8) is 0 Å². The summed E-state index contributed by atoms with van der Waals surface area (Å²) in [7, 11) is 0. The van der Waals surface area contributed by atoms with Crippen LogP contribution >= 0.6 is 0 Å². The second-order valence-corrected chi connectivity index (χ2v) is 21.6. The zero-order valence-corrected chi connectivity index (χ0v) is 51.2. The summed E-state index contributed by atoms with van der Waals surface area (Å²) in [6.45, 7) is 6.40. The zero-order valence-electron chi connectivity index (χ0n) is 51.2. The van der Waals surface area contributed by atoms with Gasteiger partial charge in [-0.25, -0.2) is 0 Å². The van der Waals surface area contributed by atoms with Crippen LogP contribution < -0.4 is 0 Å². The first-order chi connectivity index (χ1) is 38.5. The Morgan fingerprint density at radius 1 is 0.269 bits per heavy atom. The van der Waals surface area contributed by atoms with Gasteiger partial charge in [0.2, 0.25) is 0 Å². The molecule has 0 saturated heterocycles. The summed E-state index contributed by atoms with van der Waals surface area (Å²) >= 11 is 0. The van der Waals surface area contributed by atoms with E-state index >= 15 is 0 Å². The van der Waals surface area contributed by atoms with Crippen molar-refractivity contribution >= 4 is 17.9 Å². The van der Waals surface area contributed by atoms with Crippen LogP contribution in [-0.4, -0.2) is 37.2 Å². The van der Waals surface area contributed by atoms with Crippen molar-refractivity contribution in [2.45, 2.75) is 316 Å². The number of hydrogen-bond donors (Lipinski definition) is 0. The smallest absolute Gasteiger partial charge is 0.306 e. The molecule has 6 nitrogen and oxygen atoms in total. The van der Waals surface area contributed by atoms with E-state index in [1.807, 2.05) is 0 Å². The molecule has 0 radical (unpaired) electrons. The van der Waals surface area contributed by atoms with Crippen molar-refractivity contribution in [2.24, 2.45) is 0 Å².